The van der Waals surface area contributed by atoms with Crippen molar-refractivity contribution in [2.45, 2.75) is 197 Å². The van der Waals surface area contributed by atoms with Crippen LogP contribution in [0.25, 0.3) is 0 Å². The molecule has 0 bridgehead atoms. The third kappa shape index (κ3) is 14.2. The Bertz CT molecular complexity index is 2090. The summed E-state index contributed by atoms with van der Waals surface area (Å²) in [6.45, 7) is 17.7. The zero-order valence-electron chi connectivity index (χ0n) is 46.1. The highest BCUT2D eigenvalue weighted by Crippen LogP contribution is 2.45. The summed E-state index contributed by atoms with van der Waals surface area (Å²) in [5.74, 6) is -3.85. The molecule has 3 aliphatic heterocycles. The van der Waals surface area contributed by atoms with Crippen molar-refractivity contribution in [3.63, 3.8) is 0 Å². The number of carbonyl (C=O) groups excluding carboxylic acids is 2. The highest BCUT2D eigenvalue weighted by molar-refractivity contribution is 6.29. The summed E-state index contributed by atoms with van der Waals surface area (Å²) in [7, 11) is 6.71. The van der Waals surface area contributed by atoms with Gasteiger partial charge in [-0.15, -0.1) is 16.7 Å². The van der Waals surface area contributed by atoms with Crippen LogP contribution in [0.2, 0.25) is 0 Å². The molecule has 1 unspecified atom stereocenters. The van der Waals surface area contributed by atoms with E-state index in [0.29, 0.717) is 42.9 Å². The molecular formula is C53H88ClFN6O13. The first-order valence-corrected chi connectivity index (χ1v) is 26.8. The van der Waals surface area contributed by atoms with Crippen LogP contribution in [-0.2, 0) is 44.4 Å². The predicted octanol–water partition coefficient (Wildman–Crippen LogP) is 4.45. The molecule has 74 heavy (non-hydrogen) atoms. The van der Waals surface area contributed by atoms with E-state index in [9.17, 15) is 39.5 Å². The van der Waals surface area contributed by atoms with Gasteiger partial charge in [0.15, 0.2) is 6.29 Å². The predicted molar refractivity (Wildman–Crippen MR) is 276 cm³/mol. The molecule has 1 aromatic heterocycles. The number of halogens is 2. The number of hydrogen-bond donors (Lipinski definition) is 6. The summed E-state index contributed by atoms with van der Waals surface area (Å²) in [6.07, 6.45) is -6.54. The van der Waals surface area contributed by atoms with E-state index in [1.165, 1.54) is 25.8 Å². The van der Waals surface area contributed by atoms with Crippen molar-refractivity contribution in [1.29, 1.82) is 0 Å². The molecule has 0 spiro atoms. The number of carbonyl (C=O) groups is 2. The van der Waals surface area contributed by atoms with Crippen LogP contribution >= 0.6 is 11.6 Å². The van der Waals surface area contributed by atoms with E-state index in [1.807, 2.05) is 44.7 Å². The van der Waals surface area contributed by atoms with E-state index in [2.05, 4.69) is 15.6 Å². The number of likely N-dealkylation sites (N-methyl/N-ethyl adjacent to an activating group) is 2. The van der Waals surface area contributed by atoms with Crippen LogP contribution < -0.4 is 5.32 Å². The first-order valence-electron chi connectivity index (χ1n) is 26.2. The second kappa shape index (κ2) is 26.1. The number of amides is 1. The number of nitrogens with one attached hydrogen (secondary N) is 1. The van der Waals surface area contributed by atoms with Gasteiger partial charge in [-0.25, -0.2) is 9.07 Å². The average Bonchev–Trinajstić information content (AvgIpc) is 3.83. The van der Waals surface area contributed by atoms with Crippen molar-refractivity contribution >= 4 is 29.2 Å². The first-order chi connectivity index (χ1) is 34.7. The molecule has 3 fully saturated rings. The lowest BCUT2D eigenvalue weighted by Crippen LogP contribution is -2.62. The number of nitrogens with zero attached hydrogens (tertiary/aromatic N) is 5. The second-order valence-electron chi connectivity index (χ2n) is 22.4. The minimum Gasteiger partial charge on any atom is -0.459 e. The van der Waals surface area contributed by atoms with E-state index >= 15 is 0 Å². The summed E-state index contributed by atoms with van der Waals surface area (Å²) < 4.78 is 54.2. The maximum Gasteiger partial charge on any atom is 0.309 e. The van der Waals surface area contributed by atoms with Gasteiger partial charge in [-0.1, -0.05) is 45.0 Å². The molecule has 21 heteroatoms. The minimum atomic E-state index is -1.84. The van der Waals surface area contributed by atoms with Gasteiger partial charge < -0.3 is 69.1 Å². The summed E-state index contributed by atoms with van der Waals surface area (Å²) in [6, 6.07) is 4.92. The lowest BCUT2D eigenvalue weighted by Gasteiger charge is -2.51. The van der Waals surface area contributed by atoms with Crippen LogP contribution in [0, 0.1) is 23.7 Å². The SMILES string of the molecule is CC[C@H]1OC(=O)[C@H](C)[C@@H](C2C[C@@](C)(OC)[C@@H](O)[C@H](C)O2)[C@H](C)[C@@H](O[C@@H]2O[C@H](C)C[C@H](N(C)CCc3cn([C@H](CF)[C@H](OC)c4ccc(NC(=O)CCl)cc4)nn3)[C@H]2O)[C@](C)(O)C[C@@H](C)CN(C)[C@H](C)[C@@H](O)[C@]1(C)O. The number of cyclic esters (lactones) is 1. The van der Waals surface area contributed by atoms with Gasteiger partial charge in [0.25, 0.3) is 0 Å². The quantitative estimate of drug-likeness (QED) is 0.101. The number of aliphatic hydroxyl groups excluding tert-OH is 3. The Balaban J connectivity index is 1.44. The number of methoxy groups -OCH3 is 2. The molecule has 0 radical (unpaired) electrons. The van der Waals surface area contributed by atoms with Gasteiger partial charge in [0.2, 0.25) is 5.91 Å². The molecular weight excluding hydrogens is 983 g/mol. The van der Waals surface area contributed by atoms with Crippen LogP contribution in [0.5, 0.6) is 0 Å². The van der Waals surface area contributed by atoms with Gasteiger partial charge in [0, 0.05) is 70.0 Å². The number of aromatic nitrogens is 3. The van der Waals surface area contributed by atoms with Crippen LogP contribution in [-0.4, -0.2) is 200 Å². The molecule has 4 heterocycles. The minimum absolute atomic E-state index is 0.163. The van der Waals surface area contributed by atoms with Crippen LogP contribution in [0.3, 0.4) is 0 Å². The average molecular weight is 1070 g/mol. The third-order valence-corrected chi connectivity index (χ3v) is 16.7. The fraction of sp³-hybridized carbons (Fsp3) is 0.811. The zero-order chi connectivity index (χ0) is 55.2. The van der Waals surface area contributed by atoms with Crippen molar-refractivity contribution in [3.8, 4) is 0 Å². The summed E-state index contributed by atoms with van der Waals surface area (Å²) in [5.41, 5.74) is -2.76. The summed E-state index contributed by atoms with van der Waals surface area (Å²) in [4.78, 5) is 30.3. The highest BCUT2D eigenvalue weighted by Gasteiger charge is 2.55. The normalized spacial score (nSPS) is 39.2. The number of aliphatic hydroxyl groups is 5. The molecule has 6 N–H and O–H groups in total. The molecule has 19 nitrogen and oxygen atoms in total. The molecule has 5 rings (SSSR count). The number of esters is 1. The molecule has 1 aromatic carbocycles. The van der Waals surface area contributed by atoms with Gasteiger partial charge in [0.05, 0.1) is 47.2 Å². The second-order valence-corrected chi connectivity index (χ2v) is 22.7. The van der Waals surface area contributed by atoms with Crippen molar-refractivity contribution in [1.82, 2.24) is 24.8 Å². The molecule has 3 aliphatic rings. The van der Waals surface area contributed by atoms with Crippen molar-refractivity contribution < 1.29 is 67.9 Å². The fourth-order valence-corrected chi connectivity index (χ4v) is 12.1. The summed E-state index contributed by atoms with van der Waals surface area (Å²) >= 11 is 5.63. The van der Waals surface area contributed by atoms with Crippen molar-refractivity contribution in [3.05, 3.63) is 41.7 Å². The van der Waals surface area contributed by atoms with E-state index in [-0.39, 0.29) is 37.0 Å². The molecule has 3 saturated heterocycles. The molecule has 0 saturated carbocycles. The number of rotatable bonds is 16. The third-order valence-electron chi connectivity index (χ3n) is 16.5. The molecule has 0 aliphatic carbocycles. The van der Waals surface area contributed by atoms with Gasteiger partial charge in [-0.2, -0.15) is 0 Å². The van der Waals surface area contributed by atoms with Gasteiger partial charge in [-0.3, -0.25) is 9.59 Å². The van der Waals surface area contributed by atoms with Crippen molar-refractivity contribution in [2.75, 3.05) is 59.3 Å². The maximum atomic E-state index is 14.8. The Kier molecular flexibility index (Phi) is 21.9. The monoisotopic (exact) mass is 1070 g/mol. The van der Waals surface area contributed by atoms with Crippen LogP contribution in [0.4, 0.5) is 10.1 Å². The fourth-order valence-electron chi connectivity index (χ4n) is 12.0. The Morgan fingerprint density at radius 1 is 1.03 bits per heavy atom. The van der Waals surface area contributed by atoms with E-state index < -0.39 is 127 Å². The van der Waals surface area contributed by atoms with Crippen LogP contribution in [0.15, 0.2) is 30.5 Å². The highest BCUT2D eigenvalue weighted by atomic mass is 35.5. The Hall–Kier alpha value is -2.96. The van der Waals surface area contributed by atoms with Gasteiger partial charge in [-0.05, 0) is 104 Å². The largest absolute Gasteiger partial charge is 0.459 e. The standard InChI is InChI=1S/C53H88ClFN6O13/c1-15-41-53(10,68)46(64)33(6)60(12)27-29(2)23-51(8,67)48(31(4)43(32(5)49(66)73-41)40-24-52(9,70-14)47(65)34(7)72-40)74-50-44(63)38(22-30(3)71-50)59(11)21-20-37-28-61(58-57-37)39(26-55)45(69-13)35-16-18-36(19-17-35)56-42(62)25-54/h16-19,28-34,38-41,43-48,50,63-65,67-68H,15,20-27H2,1-14H3,(H,56,62)/t29-,30-,31+,32-,33-,34+,38+,39-,40?,41-,43+,44-,45-,46-,47+,48-,50+,51-,52-,53-/m1/s1. The lowest BCUT2D eigenvalue weighted by molar-refractivity contribution is -0.302. The summed E-state index contributed by atoms with van der Waals surface area (Å²) in [5, 5.41) is 71.5. The first kappa shape index (κ1) is 61.9. The molecule has 20 atom stereocenters. The number of ether oxygens (including phenoxy) is 6. The molecule has 422 valence electrons. The Morgan fingerprint density at radius 2 is 1.69 bits per heavy atom. The maximum absolute atomic E-state index is 14.8. The van der Waals surface area contributed by atoms with Gasteiger partial charge >= 0.3 is 5.97 Å². The van der Waals surface area contributed by atoms with E-state index in [0.717, 1.165) is 0 Å². The van der Waals surface area contributed by atoms with Crippen molar-refractivity contribution in [2.24, 2.45) is 23.7 Å². The zero-order valence-corrected chi connectivity index (χ0v) is 46.8. The number of anilines is 1. The number of benzene rings is 1. The smallest absolute Gasteiger partial charge is 0.309 e. The Morgan fingerprint density at radius 3 is 2.28 bits per heavy atom. The Labute approximate surface area is 442 Å². The topological polar surface area (TPSA) is 240 Å². The molecule has 1 amide bonds. The van der Waals surface area contributed by atoms with Crippen LogP contribution in [0.1, 0.15) is 118 Å². The number of hydrogen-bond acceptors (Lipinski definition) is 17. The van der Waals surface area contributed by atoms with E-state index in [1.54, 1.807) is 72.0 Å². The number of alkyl halides is 2. The van der Waals surface area contributed by atoms with Gasteiger partial charge in [0.1, 0.15) is 54.7 Å². The lowest BCUT2D eigenvalue weighted by atomic mass is 9.68. The van der Waals surface area contributed by atoms with E-state index in [4.69, 9.17) is 40.0 Å². The molecule has 2 aromatic rings.